The quantitative estimate of drug-likeness (QED) is 0.824. The molecule has 0 spiro atoms. The number of amides is 3. The summed E-state index contributed by atoms with van der Waals surface area (Å²) in [6, 6.07) is 1.63. The van der Waals surface area contributed by atoms with Crippen molar-refractivity contribution in [1.82, 2.24) is 24.9 Å². The molecule has 7 nitrogen and oxygen atoms in total. The van der Waals surface area contributed by atoms with Gasteiger partial charge in [-0.1, -0.05) is 0 Å². The largest absolute Gasteiger partial charge is 0.324 e. The maximum absolute atomic E-state index is 12.4. The first-order valence-electron chi connectivity index (χ1n) is 7.81. The average Bonchev–Trinajstić information content (AvgIpc) is 3.10. The Balaban J connectivity index is 1.63. The van der Waals surface area contributed by atoms with Crippen molar-refractivity contribution in [3.05, 3.63) is 18.5 Å². The maximum atomic E-state index is 12.4. The second-order valence-corrected chi connectivity index (χ2v) is 6.41. The number of aromatic nitrogens is 2. The molecule has 2 saturated heterocycles. The highest BCUT2D eigenvalue weighted by molar-refractivity contribution is 6.06. The van der Waals surface area contributed by atoms with E-state index >= 15 is 0 Å². The second-order valence-electron chi connectivity index (χ2n) is 6.41. The van der Waals surface area contributed by atoms with Crippen LogP contribution in [0.1, 0.15) is 19.8 Å². The molecule has 0 saturated carbocycles. The Bertz CT molecular complexity index is 558. The van der Waals surface area contributed by atoms with Gasteiger partial charge in [-0.25, -0.2) is 4.79 Å². The lowest BCUT2D eigenvalue weighted by Gasteiger charge is -2.39. The molecule has 1 aromatic heterocycles. The van der Waals surface area contributed by atoms with Gasteiger partial charge in [0.1, 0.15) is 5.54 Å². The lowest BCUT2D eigenvalue weighted by Crippen LogP contribution is -2.56. The van der Waals surface area contributed by atoms with Gasteiger partial charge in [-0.3, -0.25) is 14.4 Å². The summed E-state index contributed by atoms with van der Waals surface area (Å²) in [5.41, 5.74) is -0.768. The van der Waals surface area contributed by atoms with Crippen molar-refractivity contribution in [3.8, 4) is 0 Å². The lowest BCUT2D eigenvalue weighted by molar-refractivity contribution is -0.132. The number of rotatable bonds is 4. The van der Waals surface area contributed by atoms with Gasteiger partial charge in [0.05, 0.1) is 6.54 Å². The van der Waals surface area contributed by atoms with Gasteiger partial charge in [-0.05, 0) is 32.4 Å². The predicted molar refractivity (Wildman–Crippen MR) is 81.1 cm³/mol. The molecule has 1 aromatic rings. The van der Waals surface area contributed by atoms with Crippen molar-refractivity contribution in [2.24, 2.45) is 5.92 Å². The molecule has 2 atom stereocenters. The molecular weight excluding hydrogens is 282 g/mol. The Kier molecular flexibility index (Phi) is 3.90. The molecule has 3 rings (SSSR count). The van der Waals surface area contributed by atoms with Crippen LogP contribution < -0.4 is 5.32 Å². The molecule has 0 radical (unpaired) electrons. The number of urea groups is 1. The standard InChI is InChI=1S/C15H23N5O2/c1-15(13(21)18(2)14(22)17-15)12-5-3-7-19(11-12)9-10-20-8-4-6-16-20/h4,6,8,12H,3,5,7,9-11H2,1-2H3,(H,17,22)/t12-,15+/m1/s1. The normalized spacial score (nSPS) is 29.9. The third-order valence-corrected chi connectivity index (χ3v) is 4.95. The number of nitrogens with one attached hydrogen (secondary N) is 1. The van der Waals surface area contributed by atoms with E-state index in [4.69, 9.17) is 0 Å². The van der Waals surface area contributed by atoms with E-state index in [0.717, 1.165) is 39.0 Å². The molecular formula is C15H23N5O2. The van der Waals surface area contributed by atoms with E-state index in [1.165, 1.54) is 4.90 Å². The highest BCUT2D eigenvalue weighted by atomic mass is 16.2. The molecule has 0 aromatic carbocycles. The zero-order valence-electron chi connectivity index (χ0n) is 13.2. The minimum Gasteiger partial charge on any atom is -0.323 e. The lowest BCUT2D eigenvalue weighted by atomic mass is 9.80. The van der Waals surface area contributed by atoms with Gasteiger partial charge in [-0.2, -0.15) is 5.10 Å². The molecule has 1 N–H and O–H groups in total. The van der Waals surface area contributed by atoms with Gasteiger partial charge in [0.15, 0.2) is 0 Å². The molecule has 7 heteroatoms. The van der Waals surface area contributed by atoms with Crippen LogP contribution in [0.25, 0.3) is 0 Å². The summed E-state index contributed by atoms with van der Waals surface area (Å²) in [5.74, 6) is 0.0386. The first-order chi connectivity index (χ1) is 10.5. The summed E-state index contributed by atoms with van der Waals surface area (Å²) < 4.78 is 1.92. The van der Waals surface area contributed by atoms with Crippen LogP contribution in [-0.2, 0) is 11.3 Å². The molecule has 22 heavy (non-hydrogen) atoms. The number of likely N-dealkylation sites (tertiary alicyclic amines) is 1. The number of hydrogen-bond acceptors (Lipinski definition) is 4. The van der Waals surface area contributed by atoms with Crippen LogP contribution in [0, 0.1) is 5.92 Å². The molecule has 0 unspecified atom stereocenters. The SMILES string of the molecule is CN1C(=O)N[C@@](C)([C@@H]2CCCN(CCn3cccn3)C2)C1=O. The van der Waals surface area contributed by atoms with Crippen molar-refractivity contribution in [3.63, 3.8) is 0 Å². The van der Waals surface area contributed by atoms with Crippen molar-refractivity contribution in [2.75, 3.05) is 26.7 Å². The molecule has 2 aliphatic heterocycles. The van der Waals surface area contributed by atoms with Crippen LogP contribution in [0.15, 0.2) is 18.5 Å². The Morgan fingerprint density at radius 1 is 1.41 bits per heavy atom. The van der Waals surface area contributed by atoms with Crippen molar-refractivity contribution in [2.45, 2.75) is 31.8 Å². The Hall–Kier alpha value is -1.89. The minimum atomic E-state index is -0.768. The van der Waals surface area contributed by atoms with Crippen LogP contribution in [-0.4, -0.2) is 63.7 Å². The summed E-state index contributed by atoms with van der Waals surface area (Å²) in [6.07, 6.45) is 5.75. The molecule has 0 bridgehead atoms. The average molecular weight is 305 g/mol. The maximum Gasteiger partial charge on any atom is 0.324 e. The fourth-order valence-electron chi connectivity index (χ4n) is 3.48. The number of piperidine rings is 1. The molecule has 3 heterocycles. The van der Waals surface area contributed by atoms with E-state index in [9.17, 15) is 9.59 Å². The van der Waals surface area contributed by atoms with E-state index in [1.807, 2.05) is 23.9 Å². The summed E-state index contributed by atoms with van der Waals surface area (Å²) in [7, 11) is 1.54. The highest BCUT2D eigenvalue weighted by Crippen LogP contribution is 2.31. The third kappa shape index (κ3) is 2.61. The van der Waals surface area contributed by atoms with Crippen LogP contribution in [0.3, 0.4) is 0 Å². The fraction of sp³-hybridized carbons (Fsp3) is 0.667. The second kappa shape index (κ2) is 5.72. The summed E-state index contributed by atoms with van der Waals surface area (Å²) in [5, 5.41) is 7.10. The molecule has 3 amide bonds. The van der Waals surface area contributed by atoms with Gasteiger partial charge < -0.3 is 10.2 Å². The number of carbonyl (C=O) groups is 2. The topological polar surface area (TPSA) is 70.5 Å². The fourth-order valence-corrected chi connectivity index (χ4v) is 3.48. The predicted octanol–water partition coefficient (Wildman–Crippen LogP) is 0.535. The number of imide groups is 1. The van der Waals surface area contributed by atoms with E-state index in [-0.39, 0.29) is 17.9 Å². The third-order valence-electron chi connectivity index (χ3n) is 4.95. The zero-order valence-corrected chi connectivity index (χ0v) is 13.2. The summed E-state index contributed by atoms with van der Waals surface area (Å²) in [4.78, 5) is 27.7. The first-order valence-corrected chi connectivity index (χ1v) is 7.81. The van der Waals surface area contributed by atoms with E-state index in [2.05, 4.69) is 15.3 Å². The number of nitrogens with zero attached hydrogens (tertiary/aromatic N) is 4. The van der Waals surface area contributed by atoms with Crippen LogP contribution >= 0.6 is 0 Å². The van der Waals surface area contributed by atoms with Gasteiger partial charge in [-0.15, -0.1) is 0 Å². The molecule has 120 valence electrons. The van der Waals surface area contributed by atoms with Gasteiger partial charge >= 0.3 is 6.03 Å². The van der Waals surface area contributed by atoms with E-state index in [0.29, 0.717) is 0 Å². The number of likely N-dealkylation sites (N-methyl/N-ethyl adjacent to an activating group) is 1. The monoisotopic (exact) mass is 305 g/mol. The number of hydrogen-bond donors (Lipinski definition) is 1. The zero-order chi connectivity index (χ0) is 15.7. The first kappa shape index (κ1) is 15.0. The van der Waals surface area contributed by atoms with Crippen molar-refractivity contribution in [1.29, 1.82) is 0 Å². The molecule has 0 aliphatic carbocycles. The highest BCUT2D eigenvalue weighted by Gasteiger charge is 2.51. The van der Waals surface area contributed by atoms with Gasteiger partial charge in [0, 0.05) is 38.4 Å². The molecule has 2 fully saturated rings. The van der Waals surface area contributed by atoms with Crippen LogP contribution in [0.5, 0.6) is 0 Å². The Morgan fingerprint density at radius 2 is 2.23 bits per heavy atom. The molecule has 2 aliphatic rings. The van der Waals surface area contributed by atoms with Crippen LogP contribution in [0.4, 0.5) is 4.79 Å². The Morgan fingerprint density at radius 3 is 2.86 bits per heavy atom. The van der Waals surface area contributed by atoms with Crippen molar-refractivity contribution >= 4 is 11.9 Å². The van der Waals surface area contributed by atoms with Gasteiger partial charge in [0.25, 0.3) is 5.91 Å². The van der Waals surface area contributed by atoms with E-state index < -0.39 is 5.54 Å². The van der Waals surface area contributed by atoms with Crippen molar-refractivity contribution < 1.29 is 9.59 Å². The smallest absolute Gasteiger partial charge is 0.323 e. The summed E-state index contributed by atoms with van der Waals surface area (Å²) >= 11 is 0. The Labute approximate surface area is 130 Å². The summed E-state index contributed by atoms with van der Waals surface area (Å²) in [6.45, 7) is 5.48. The van der Waals surface area contributed by atoms with Gasteiger partial charge in [0.2, 0.25) is 0 Å². The minimum absolute atomic E-state index is 0.114. The van der Waals surface area contributed by atoms with Crippen LogP contribution in [0.2, 0.25) is 0 Å². The van der Waals surface area contributed by atoms with E-state index in [1.54, 1.807) is 13.2 Å². The number of carbonyl (C=O) groups excluding carboxylic acids is 2.